The molecule has 4 rings (SSSR count). The zero-order valence-electron chi connectivity index (χ0n) is 20.5. The van der Waals surface area contributed by atoms with Crippen LogP contribution in [0.15, 0.2) is 22.5 Å². The van der Waals surface area contributed by atoms with Crippen LogP contribution in [0.3, 0.4) is 0 Å². The number of nitrogens with one attached hydrogen (secondary N) is 2. The van der Waals surface area contributed by atoms with Gasteiger partial charge in [-0.2, -0.15) is 0 Å². The molecule has 0 saturated carbocycles. The molecule has 2 heterocycles. The quantitative estimate of drug-likeness (QED) is 0.206. The van der Waals surface area contributed by atoms with E-state index in [1.165, 1.54) is 37.3 Å². The lowest BCUT2D eigenvalue weighted by Crippen LogP contribution is -2.17. The first kappa shape index (κ1) is 26.9. The predicted octanol–water partition coefficient (Wildman–Crippen LogP) is 4.66. The molecule has 0 unspecified atom stereocenters. The van der Waals surface area contributed by atoms with Crippen LogP contribution in [-0.2, 0) is 22.4 Å². The molecule has 1 aliphatic rings. The number of thioether (sulfide) groups is 1. The first-order chi connectivity index (χ1) is 17.9. The number of methoxy groups -OCH3 is 2. The summed E-state index contributed by atoms with van der Waals surface area (Å²) in [5.41, 5.74) is 1.85. The lowest BCUT2D eigenvalue weighted by atomic mass is 9.95. The number of thiophene rings is 1. The molecule has 0 radical (unpaired) electrons. The van der Waals surface area contributed by atoms with Crippen molar-refractivity contribution in [3.8, 4) is 11.5 Å². The average Bonchev–Trinajstić information content (AvgIpc) is 3.50. The minimum Gasteiger partial charge on any atom is -0.493 e. The third-order valence-electron chi connectivity index (χ3n) is 5.50. The van der Waals surface area contributed by atoms with Crippen molar-refractivity contribution in [1.29, 1.82) is 0 Å². The topological polar surface area (TPSA) is 129 Å². The number of hydrogen-bond donors (Lipinski definition) is 2. The Hall–Kier alpha value is -3.16. The van der Waals surface area contributed by atoms with Crippen molar-refractivity contribution in [3.05, 3.63) is 39.8 Å². The molecule has 0 aliphatic heterocycles. The van der Waals surface area contributed by atoms with Crippen molar-refractivity contribution in [1.82, 2.24) is 10.2 Å². The molecule has 0 atom stereocenters. The number of carbonyl (C=O) groups is 3. The summed E-state index contributed by atoms with van der Waals surface area (Å²) in [6, 6.07) is 4.83. The SMILES string of the molecule is CCOC(=O)c1c(NC(=O)CSc2nnc(NC(=O)c3ccc(OC)c(OC)c3)s2)sc2c1CCCC2. The maximum Gasteiger partial charge on any atom is 0.341 e. The van der Waals surface area contributed by atoms with Crippen LogP contribution < -0.4 is 20.1 Å². The number of hydrogen-bond acceptors (Lipinski definition) is 11. The van der Waals surface area contributed by atoms with E-state index >= 15 is 0 Å². The molecule has 0 saturated heterocycles. The van der Waals surface area contributed by atoms with Gasteiger partial charge in [-0.15, -0.1) is 21.5 Å². The standard InChI is InChI=1S/C24H26N4O6S3/c1-4-34-22(31)19-14-7-5-6-8-17(14)36-21(19)25-18(29)12-35-24-28-27-23(37-24)26-20(30)13-9-10-15(32-2)16(11-13)33-3/h9-11H,4-8,12H2,1-3H3,(H,25,29)(H,26,27,30). The Bertz CT molecular complexity index is 1310. The number of nitrogens with zero attached hydrogens (tertiary/aromatic N) is 2. The van der Waals surface area contributed by atoms with Crippen LogP contribution in [0.1, 0.15) is 50.9 Å². The number of carbonyl (C=O) groups excluding carboxylic acids is 3. The van der Waals surface area contributed by atoms with Crippen LogP contribution in [0.25, 0.3) is 0 Å². The number of fused-ring (bicyclic) bond motifs is 1. The van der Waals surface area contributed by atoms with E-state index in [1.54, 1.807) is 25.1 Å². The fraction of sp³-hybridized carbons (Fsp3) is 0.375. The smallest absolute Gasteiger partial charge is 0.341 e. The van der Waals surface area contributed by atoms with E-state index in [-0.39, 0.29) is 24.2 Å². The monoisotopic (exact) mass is 562 g/mol. The number of rotatable bonds is 10. The number of anilines is 2. The number of aryl methyl sites for hydroxylation is 1. The van der Waals surface area contributed by atoms with Crippen molar-refractivity contribution in [3.63, 3.8) is 0 Å². The summed E-state index contributed by atoms with van der Waals surface area (Å²) in [7, 11) is 3.01. The molecule has 13 heteroatoms. The average molecular weight is 563 g/mol. The molecule has 2 amide bonds. The van der Waals surface area contributed by atoms with Gasteiger partial charge >= 0.3 is 5.97 Å². The van der Waals surface area contributed by atoms with Gasteiger partial charge in [-0.05, 0) is 56.4 Å². The van der Waals surface area contributed by atoms with Gasteiger partial charge < -0.3 is 19.5 Å². The van der Waals surface area contributed by atoms with E-state index in [2.05, 4.69) is 20.8 Å². The van der Waals surface area contributed by atoms with Gasteiger partial charge in [0.25, 0.3) is 5.91 Å². The molecule has 37 heavy (non-hydrogen) atoms. The van der Waals surface area contributed by atoms with Crippen LogP contribution in [0.2, 0.25) is 0 Å². The Morgan fingerprint density at radius 2 is 1.81 bits per heavy atom. The van der Waals surface area contributed by atoms with Crippen molar-refractivity contribution in [2.75, 3.05) is 37.2 Å². The molecule has 1 aliphatic carbocycles. The van der Waals surface area contributed by atoms with Gasteiger partial charge in [0.15, 0.2) is 15.8 Å². The summed E-state index contributed by atoms with van der Waals surface area (Å²) in [5, 5.41) is 14.5. The van der Waals surface area contributed by atoms with Crippen LogP contribution >= 0.6 is 34.4 Å². The molecule has 2 aromatic heterocycles. The first-order valence-corrected chi connectivity index (χ1v) is 14.2. The highest BCUT2D eigenvalue weighted by Crippen LogP contribution is 2.39. The third kappa shape index (κ3) is 6.40. The van der Waals surface area contributed by atoms with Crippen molar-refractivity contribution < 1.29 is 28.6 Å². The zero-order valence-corrected chi connectivity index (χ0v) is 23.0. The summed E-state index contributed by atoms with van der Waals surface area (Å²) in [4.78, 5) is 39.0. The van der Waals surface area contributed by atoms with Gasteiger partial charge in [-0.3, -0.25) is 14.9 Å². The molecule has 10 nitrogen and oxygen atoms in total. The van der Waals surface area contributed by atoms with Gasteiger partial charge in [0, 0.05) is 10.4 Å². The Morgan fingerprint density at radius 3 is 2.57 bits per heavy atom. The minimum atomic E-state index is -0.399. The van der Waals surface area contributed by atoms with E-state index in [0.717, 1.165) is 47.5 Å². The van der Waals surface area contributed by atoms with Crippen molar-refractivity contribution >= 4 is 62.4 Å². The van der Waals surface area contributed by atoms with E-state index in [9.17, 15) is 14.4 Å². The summed E-state index contributed by atoms with van der Waals surface area (Å²) >= 11 is 3.80. The molecule has 1 aromatic carbocycles. The fourth-order valence-electron chi connectivity index (χ4n) is 3.83. The van der Waals surface area contributed by atoms with Crippen LogP contribution in [-0.4, -0.2) is 54.6 Å². The van der Waals surface area contributed by atoms with E-state index in [1.807, 2.05) is 0 Å². The number of amides is 2. The Kier molecular flexibility index (Phi) is 9.00. The highest BCUT2D eigenvalue weighted by molar-refractivity contribution is 8.01. The number of benzene rings is 1. The molecule has 196 valence electrons. The molecular formula is C24H26N4O6S3. The fourth-order valence-corrected chi connectivity index (χ4v) is 6.67. The second-order valence-corrected chi connectivity index (χ2v) is 11.2. The molecule has 3 aromatic rings. The van der Waals surface area contributed by atoms with Crippen molar-refractivity contribution in [2.24, 2.45) is 0 Å². The number of esters is 1. The highest BCUT2D eigenvalue weighted by atomic mass is 32.2. The predicted molar refractivity (Wildman–Crippen MR) is 144 cm³/mol. The molecular weight excluding hydrogens is 536 g/mol. The number of ether oxygens (including phenoxy) is 3. The van der Waals surface area contributed by atoms with E-state index in [0.29, 0.717) is 37.1 Å². The lowest BCUT2D eigenvalue weighted by molar-refractivity contribution is -0.113. The normalized spacial score (nSPS) is 12.4. The molecule has 0 bridgehead atoms. The Labute approximate surface area is 226 Å². The first-order valence-electron chi connectivity index (χ1n) is 11.5. The third-order valence-corrected chi connectivity index (χ3v) is 8.68. The summed E-state index contributed by atoms with van der Waals surface area (Å²) in [5.74, 6) is -0.0108. The van der Waals surface area contributed by atoms with Gasteiger partial charge in [0.05, 0.1) is 32.1 Å². The Morgan fingerprint density at radius 1 is 1.03 bits per heavy atom. The van der Waals surface area contributed by atoms with Gasteiger partial charge in [0.2, 0.25) is 11.0 Å². The molecule has 0 spiro atoms. The Balaban J connectivity index is 1.36. The summed E-state index contributed by atoms with van der Waals surface area (Å²) in [6.45, 7) is 2.03. The largest absolute Gasteiger partial charge is 0.493 e. The molecule has 0 fully saturated rings. The van der Waals surface area contributed by atoms with E-state index < -0.39 is 5.97 Å². The van der Waals surface area contributed by atoms with Gasteiger partial charge in [0.1, 0.15) is 5.00 Å². The van der Waals surface area contributed by atoms with Gasteiger partial charge in [-0.1, -0.05) is 23.1 Å². The lowest BCUT2D eigenvalue weighted by Gasteiger charge is -2.12. The molecule has 2 N–H and O–H groups in total. The maximum atomic E-state index is 12.7. The van der Waals surface area contributed by atoms with Crippen molar-refractivity contribution in [2.45, 2.75) is 36.9 Å². The minimum absolute atomic E-state index is 0.0725. The van der Waals surface area contributed by atoms with Crippen LogP contribution in [0.4, 0.5) is 10.1 Å². The second kappa shape index (κ2) is 12.4. The zero-order chi connectivity index (χ0) is 26.4. The van der Waals surface area contributed by atoms with Crippen LogP contribution in [0.5, 0.6) is 11.5 Å². The van der Waals surface area contributed by atoms with E-state index in [4.69, 9.17) is 14.2 Å². The maximum absolute atomic E-state index is 12.7. The second-order valence-electron chi connectivity index (χ2n) is 7.87. The van der Waals surface area contributed by atoms with Crippen LogP contribution in [0, 0.1) is 0 Å². The summed E-state index contributed by atoms with van der Waals surface area (Å²) in [6.07, 6.45) is 3.80. The number of aromatic nitrogens is 2. The summed E-state index contributed by atoms with van der Waals surface area (Å²) < 4.78 is 16.2. The highest BCUT2D eigenvalue weighted by Gasteiger charge is 2.27. The van der Waals surface area contributed by atoms with Gasteiger partial charge in [-0.25, -0.2) is 4.79 Å².